The highest BCUT2D eigenvalue weighted by Gasteiger charge is 2.41. The molecule has 0 radical (unpaired) electrons. The van der Waals surface area contributed by atoms with E-state index < -0.39 is 19.1 Å². The third-order valence-corrected chi connectivity index (χ3v) is 2.63. The predicted molar refractivity (Wildman–Crippen MR) is 53.6 cm³/mol. The summed E-state index contributed by atoms with van der Waals surface area (Å²) in [4.78, 5) is 12.9. The number of halogens is 1. The van der Waals surface area contributed by atoms with Gasteiger partial charge in [-0.3, -0.25) is 4.79 Å². The zero-order chi connectivity index (χ0) is 10.9. The number of hydrogen-bond acceptors (Lipinski definition) is 4. The Labute approximate surface area is 88.0 Å². The topological polar surface area (TPSA) is 86.8 Å². The molecular weight excluding hydrogens is 206 g/mol. The summed E-state index contributed by atoms with van der Waals surface area (Å²) in [5, 5.41) is 17.8. The molecule has 0 spiro atoms. The normalized spacial score (nSPS) is 29.1. The van der Waals surface area contributed by atoms with E-state index in [-0.39, 0.29) is 11.3 Å². The van der Waals surface area contributed by atoms with Crippen LogP contribution in [0, 0.1) is 0 Å². The lowest BCUT2D eigenvalue weighted by Crippen LogP contribution is -2.50. The Morgan fingerprint density at radius 2 is 2.29 bits per heavy atom. The molecular formula is C7H14BClN2O3. The van der Waals surface area contributed by atoms with Gasteiger partial charge in [-0.2, -0.15) is 0 Å². The lowest BCUT2D eigenvalue weighted by Gasteiger charge is -2.25. The molecule has 0 aromatic rings. The van der Waals surface area contributed by atoms with E-state index in [0.29, 0.717) is 13.0 Å². The second kappa shape index (κ2) is 4.48. The Kier molecular flexibility index (Phi) is 3.77. The molecule has 3 unspecified atom stereocenters. The Morgan fingerprint density at radius 3 is 2.71 bits per heavy atom. The van der Waals surface area contributed by atoms with Crippen LogP contribution in [0.5, 0.6) is 0 Å². The van der Waals surface area contributed by atoms with Crippen molar-refractivity contribution in [1.29, 1.82) is 0 Å². The van der Waals surface area contributed by atoms with Crippen LogP contribution in [0.2, 0.25) is 0 Å². The molecule has 1 fully saturated rings. The van der Waals surface area contributed by atoms with Crippen LogP contribution in [0.15, 0.2) is 0 Å². The fraction of sp³-hybridized carbons (Fsp3) is 0.857. The molecule has 1 rings (SSSR count). The van der Waals surface area contributed by atoms with E-state index in [1.165, 1.54) is 4.90 Å². The minimum absolute atomic E-state index is 0.232. The molecule has 1 amide bonds. The Morgan fingerprint density at radius 1 is 1.71 bits per heavy atom. The van der Waals surface area contributed by atoms with Crippen molar-refractivity contribution in [2.24, 2.45) is 5.73 Å². The first-order chi connectivity index (χ1) is 6.43. The minimum atomic E-state index is -1.55. The molecule has 0 bridgehead atoms. The summed E-state index contributed by atoms with van der Waals surface area (Å²) in [5.74, 6) is -0.928. The fourth-order valence-electron chi connectivity index (χ4n) is 1.61. The highest BCUT2D eigenvalue weighted by atomic mass is 35.5. The summed E-state index contributed by atoms with van der Waals surface area (Å²) in [5.41, 5.74) is 5.43. The van der Waals surface area contributed by atoms with E-state index in [4.69, 9.17) is 27.4 Å². The van der Waals surface area contributed by atoms with Crippen LogP contribution in [0.1, 0.15) is 13.3 Å². The number of hydrogen-bond donors (Lipinski definition) is 3. The first kappa shape index (κ1) is 11.8. The third kappa shape index (κ3) is 2.39. The smallest absolute Gasteiger partial charge is 0.426 e. The number of carbonyl (C=O) groups is 1. The molecule has 0 aromatic heterocycles. The standard InChI is InChI=1S/C7H14BClN2O3/c1-4(10)7(12)11-3-5(9)2-6(11)8(13)14/h4-6,13-14H,2-3,10H2,1H3. The second-order valence-corrected chi connectivity index (χ2v) is 4.21. The first-order valence-corrected chi connectivity index (χ1v) is 4.93. The third-order valence-electron chi connectivity index (χ3n) is 2.31. The van der Waals surface area contributed by atoms with Gasteiger partial charge in [-0.1, -0.05) is 0 Å². The van der Waals surface area contributed by atoms with Gasteiger partial charge < -0.3 is 20.7 Å². The van der Waals surface area contributed by atoms with Gasteiger partial charge in [0.05, 0.1) is 17.4 Å². The highest BCUT2D eigenvalue weighted by molar-refractivity contribution is 6.44. The van der Waals surface area contributed by atoms with E-state index in [0.717, 1.165) is 0 Å². The van der Waals surface area contributed by atoms with E-state index in [2.05, 4.69) is 0 Å². The minimum Gasteiger partial charge on any atom is -0.426 e. The quantitative estimate of drug-likeness (QED) is 0.393. The maximum atomic E-state index is 11.5. The van der Waals surface area contributed by atoms with Crippen LogP contribution in [-0.4, -0.2) is 51.9 Å². The van der Waals surface area contributed by atoms with Gasteiger partial charge in [0.15, 0.2) is 0 Å². The van der Waals surface area contributed by atoms with Gasteiger partial charge >= 0.3 is 7.12 Å². The van der Waals surface area contributed by atoms with Gasteiger partial charge in [0, 0.05) is 6.54 Å². The largest absolute Gasteiger partial charge is 0.475 e. The van der Waals surface area contributed by atoms with Crippen molar-refractivity contribution in [2.45, 2.75) is 30.7 Å². The number of nitrogens with zero attached hydrogens (tertiary/aromatic N) is 1. The van der Waals surface area contributed by atoms with Crippen LogP contribution in [0.3, 0.4) is 0 Å². The van der Waals surface area contributed by atoms with Crippen molar-refractivity contribution in [2.75, 3.05) is 6.54 Å². The van der Waals surface area contributed by atoms with Crippen molar-refractivity contribution in [3.05, 3.63) is 0 Å². The zero-order valence-corrected chi connectivity index (χ0v) is 8.68. The molecule has 0 saturated carbocycles. The number of rotatable bonds is 2. The molecule has 4 N–H and O–H groups in total. The van der Waals surface area contributed by atoms with E-state index in [1.807, 2.05) is 0 Å². The molecule has 14 heavy (non-hydrogen) atoms. The maximum Gasteiger partial charge on any atom is 0.475 e. The maximum absolute atomic E-state index is 11.5. The van der Waals surface area contributed by atoms with Crippen LogP contribution in [0.25, 0.3) is 0 Å². The number of carbonyl (C=O) groups excluding carboxylic acids is 1. The van der Waals surface area contributed by atoms with Crippen molar-refractivity contribution < 1.29 is 14.8 Å². The SMILES string of the molecule is CC(N)C(=O)N1CC(Cl)CC1B(O)O. The average Bonchev–Trinajstić information content (AvgIpc) is 2.45. The molecule has 1 aliphatic rings. The molecule has 0 aromatic carbocycles. The lowest BCUT2D eigenvalue weighted by molar-refractivity contribution is -0.132. The molecule has 1 aliphatic heterocycles. The molecule has 80 valence electrons. The van der Waals surface area contributed by atoms with Gasteiger partial charge in [0.25, 0.3) is 0 Å². The van der Waals surface area contributed by atoms with Crippen molar-refractivity contribution >= 4 is 24.6 Å². The Hall–Kier alpha value is -0.295. The fourth-order valence-corrected chi connectivity index (χ4v) is 1.94. The van der Waals surface area contributed by atoms with Gasteiger partial charge in [-0.05, 0) is 13.3 Å². The molecule has 1 heterocycles. The molecule has 5 nitrogen and oxygen atoms in total. The molecule has 1 saturated heterocycles. The average molecular weight is 220 g/mol. The summed E-state index contributed by atoms with van der Waals surface area (Å²) in [6.45, 7) is 1.88. The van der Waals surface area contributed by atoms with Gasteiger partial charge in [0.1, 0.15) is 0 Å². The summed E-state index contributed by atoms with van der Waals surface area (Å²) >= 11 is 5.84. The first-order valence-electron chi connectivity index (χ1n) is 4.49. The number of amides is 1. The number of alkyl halides is 1. The zero-order valence-electron chi connectivity index (χ0n) is 7.93. The summed E-state index contributed by atoms with van der Waals surface area (Å²) in [6.07, 6.45) is 0.387. The highest BCUT2D eigenvalue weighted by Crippen LogP contribution is 2.23. The molecule has 0 aliphatic carbocycles. The summed E-state index contributed by atoms with van der Waals surface area (Å²) in [6, 6.07) is -0.641. The monoisotopic (exact) mass is 220 g/mol. The van der Waals surface area contributed by atoms with Crippen LogP contribution in [-0.2, 0) is 4.79 Å². The van der Waals surface area contributed by atoms with Crippen LogP contribution < -0.4 is 5.73 Å². The molecule has 3 atom stereocenters. The van der Waals surface area contributed by atoms with E-state index in [1.54, 1.807) is 6.92 Å². The second-order valence-electron chi connectivity index (χ2n) is 3.59. The van der Waals surface area contributed by atoms with Gasteiger partial charge in [-0.25, -0.2) is 0 Å². The summed E-state index contributed by atoms with van der Waals surface area (Å²) in [7, 11) is -1.55. The summed E-state index contributed by atoms with van der Waals surface area (Å²) < 4.78 is 0. The number of likely N-dealkylation sites (tertiary alicyclic amines) is 1. The predicted octanol–water partition coefficient (Wildman–Crippen LogP) is -1.45. The van der Waals surface area contributed by atoms with Crippen molar-refractivity contribution in [1.82, 2.24) is 4.90 Å². The van der Waals surface area contributed by atoms with E-state index >= 15 is 0 Å². The lowest BCUT2D eigenvalue weighted by atomic mass is 9.77. The Bertz CT molecular complexity index is 227. The van der Waals surface area contributed by atoms with Crippen LogP contribution >= 0.6 is 11.6 Å². The van der Waals surface area contributed by atoms with E-state index in [9.17, 15) is 4.79 Å². The van der Waals surface area contributed by atoms with Crippen molar-refractivity contribution in [3.8, 4) is 0 Å². The van der Waals surface area contributed by atoms with Crippen LogP contribution in [0.4, 0.5) is 0 Å². The van der Waals surface area contributed by atoms with Gasteiger partial charge in [-0.15, -0.1) is 11.6 Å². The Balaban J connectivity index is 2.71. The molecule has 7 heteroatoms. The van der Waals surface area contributed by atoms with Gasteiger partial charge in [0.2, 0.25) is 5.91 Å². The number of nitrogens with two attached hydrogens (primary N) is 1. The van der Waals surface area contributed by atoms with Crippen molar-refractivity contribution in [3.63, 3.8) is 0 Å².